The molecule has 0 spiro atoms. The molecule has 0 aromatic rings. The third kappa shape index (κ3) is 2.83. The number of alkyl halides is 8. The van der Waals surface area contributed by atoms with Crippen LogP contribution in [0.3, 0.4) is 0 Å². The molecule has 0 aromatic heterocycles. The summed E-state index contributed by atoms with van der Waals surface area (Å²) in [7, 11) is 0. The van der Waals surface area contributed by atoms with Crippen LogP contribution in [0.15, 0.2) is 11.7 Å². The van der Waals surface area contributed by atoms with Crippen molar-refractivity contribution in [1.29, 1.82) is 0 Å². The Morgan fingerprint density at radius 1 is 0.824 bits per heavy atom. The fraction of sp³-hybridized carbons (Fsp3) is 0.714. The van der Waals surface area contributed by atoms with Crippen LogP contribution in [0.2, 0.25) is 0 Å². The molecule has 0 bridgehead atoms. The molecule has 0 aliphatic heterocycles. The first-order valence-electron chi connectivity index (χ1n) is 3.79. The van der Waals surface area contributed by atoms with Crippen molar-refractivity contribution in [1.82, 2.24) is 0 Å². The van der Waals surface area contributed by atoms with Gasteiger partial charge in [-0.2, -0.15) is 35.1 Å². The first-order valence-corrected chi connectivity index (χ1v) is 3.79. The topological polar surface area (TPSA) is 0 Å². The quantitative estimate of drug-likeness (QED) is 0.674. The second-order valence-electron chi connectivity index (χ2n) is 2.94. The smallest absolute Gasteiger partial charge is 0.241 e. The van der Waals surface area contributed by atoms with E-state index in [0.29, 0.717) is 0 Å². The van der Waals surface area contributed by atoms with Crippen molar-refractivity contribution in [2.45, 2.75) is 31.1 Å². The molecule has 0 aliphatic rings. The van der Waals surface area contributed by atoms with Gasteiger partial charge in [-0.15, -0.1) is 0 Å². The number of halogens is 10. The van der Waals surface area contributed by atoms with Crippen molar-refractivity contribution in [3.05, 3.63) is 11.7 Å². The highest BCUT2D eigenvalue weighted by Gasteiger charge is 2.66. The van der Waals surface area contributed by atoms with Crippen molar-refractivity contribution in [3.63, 3.8) is 0 Å². The van der Waals surface area contributed by atoms with Crippen molar-refractivity contribution < 1.29 is 43.9 Å². The fourth-order valence-electron chi connectivity index (χ4n) is 0.658. The van der Waals surface area contributed by atoms with E-state index < -0.39 is 35.8 Å². The van der Waals surface area contributed by atoms with Crippen LogP contribution in [-0.4, -0.2) is 24.2 Å². The fourth-order valence-corrected chi connectivity index (χ4v) is 0.658. The Bertz CT molecular complexity index is 309. The van der Waals surface area contributed by atoms with E-state index in [9.17, 15) is 43.9 Å². The van der Waals surface area contributed by atoms with E-state index in [-0.39, 0.29) is 6.92 Å². The van der Waals surface area contributed by atoms with Gasteiger partial charge in [-0.3, -0.25) is 0 Å². The minimum absolute atomic E-state index is 0.132. The highest BCUT2D eigenvalue weighted by atomic mass is 19.4. The average Bonchev–Trinajstić information content (AvgIpc) is 2.13. The summed E-state index contributed by atoms with van der Waals surface area (Å²) in [5.74, 6) is -20.1. The molecular formula is C7H4F10. The molecule has 102 valence electrons. The molecule has 0 saturated carbocycles. The minimum Gasteiger partial charge on any atom is -0.241 e. The number of hydrogen-bond donors (Lipinski definition) is 0. The second kappa shape index (κ2) is 4.37. The van der Waals surface area contributed by atoms with Crippen LogP contribution in [0.4, 0.5) is 43.9 Å². The third-order valence-corrected chi connectivity index (χ3v) is 1.64. The van der Waals surface area contributed by atoms with E-state index in [1.54, 1.807) is 0 Å². The van der Waals surface area contributed by atoms with Gasteiger partial charge >= 0.3 is 18.0 Å². The number of hydrogen-bond acceptors (Lipinski definition) is 0. The molecule has 0 heterocycles. The molecule has 1 unspecified atom stereocenters. The van der Waals surface area contributed by atoms with Gasteiger partial charge in [0.25, 0.3) is 0 Å². The lowest BCUT2D eigenvalue weighted by Crippen LogP contribution is -2.48. The number of allylic oxidation sites excluding steroid dienone is 2. The summed E-state index contributed by atoms with van der Waals surface area (Å²) < 4.78 is 121. The zero-order valence-corrected chi connectivity index (χ0v) is 7.86. The largest absolute Gasteiger partial charge is 0.445 e. The lowest BCUT2D eigenvalue weighted by molar-refractivity contribution is -0.227. The van der Waals surface area contributed by atoms with Gasteiger partial charge in [0.1, 0.15) is 0 Å². The zero-order valence-electron chi connectivity index (χ0n) is 7.86. The molecule has 0 amide bonds. The van der Waals surface area contributed by atoms with Crippen molar-refractivity contribution >= 4 is 0 Å². The van der Waals surface area contributed by atoms with Gasteiger partial charge in [-0.1, -0.05) is 0 Å². The van der Waals surface area contributed by atoms with Gasteiger partial charge in [0.2, 0.25) is 11.7 Å². The van der Waals surface area contributed by atoms with E-state index in [2.05, 4.69) is 0 Å². The van der Waals surface area contributed by atoms with Crippen LogP contribution in [0.25, 0.3) is 0 Å². The summed E-state index contributed by atoms with van der Waals surface area (Å²) in [4.78, 5) is 0. The maximum absolute atomic E-state index is 12.5. The molecule has 10 heteroatoms. The highest BCUT2D eigenvalue weighted by Crippen LogP contribution is 2.47. The molecule has 0 N–H and O–H groups in total. The molecular weight excluding hydrogens is 274 g/mol. The maximum atomic E-state index is 12.5. The molecule has 0 aromatic carbocycles. The molecule has 0 fully saturated rings. The summed E-state index contributed by atoms with van der Waals surface area (Å²) in [6, 6.07) is 0. The molecule has 17 heavy (non-hydrogen) atoms. The van der Waals surface area contributed by atoms with Crippen LogP contribution in [0.5, 0.6) is 0 Å². The van der Waals surface area contributed by atoms with E-state index >= 15 is 0 Å². The van der Waals surface area contributed by atoms with E-state index in [4.69, 9.17) is 0 Å². The Balaban J connectivity index is 5.64. The molecule has 1 atom stereocenters. The zero-order chi connectivity index (χ0) is 14.2. The lowest BCUT2D eigenvalue weighted by atomic mass is 10.1. The first kappa shape index (κ1) is 16.0. The standard InChI is InChI=1S/C7H4F10/c1-2(8)5(11,12)6(13,14)3(9)4(10)7(15,16)17/h2H,1H3. The summed E-state index contributed by atoms with van der Waals surface area (Å²) in [5, 5.41) is 0. The van der Waals surface area contributed by atoms with Gasteiger partial charge in [0.15, 0.2) is 6.17 Å². The predicted molar refractivity (Wildman–Crippen MR) is 35.8 cm³/mol. The Morgan fingerprint density at radius 2 is 1.18 bits per heavy atom. The highest BCUT2D eigenvalue weighted by molar-refractivity contribution is 5.18. The summed E-state index contributed by atoms with van der Waals surface area (Å²) in [5.41, 5.74) is 0. The van der Waals surface area contributed by atoms with Crippen LogP contribution < -0.4 is 0 Å². The molecule has 0 nitrogen and oxygen atoms in total. The van der Waals surface area contributed by atoms with Crippen molar-refractivity contribution in [2.75, 3.05) is 0 Å². The molecule has 0 saturated heterocycles. The van der Waals surface area contributed by atoms with E-state index in [1.807, 2.05) is 0 Å². The summed E-state index contributed by atoms with van der Waals surface area (Å²) >= 11 is 0. The van der Waals surface area contributed by atoms with Gasteiger partial charge in [0, 0.05) is 0 Å². The normalized spacial score (nSPS) is 17.8. The Morgan fingerprint density at radius 3 is 1.41 bits per heavy atom. The SMILES string of the molecule is CC(F)C(F)(F)C(F)(F)C(F)=C(F)C(F)(F)F. The lowest BCUT2D eigenvalue weighted by Gasteiger charge is -2.26. The monoisotopic (exact) mass is 278 g/mol. The molecule has 0 rings (SSSR count). The van der Waals surface area contributed by atoms with Crippen LogP contribution >= 0.6 is 0 Å². The van der Waals surface area contributed by atoms with Crippen molar-refractivity contribution in [2.24, 2.45) is 0 Å². The second-order valence-corrected chi connectivity index (χ2v) is 2.94. The molecule has 0 radical (unpaired) electrons. The van der Waals surface area contributed by atoms with Gasteiger partial charge in [0.05, 0.1) is 0 Å². The molecule has 0 aliphatic carbocycles. The average molecular weight is 278 g/mol. The minimum atomic E-state index is -6.24. The van der Waals surface area contributed by atoms with Gasteiger partial charge < -0.3 is 0 Å². The van der Waals surface area contributed by atoms with E-state index in [0.717, 1.165) is 0 Å². The van der Waals surface area contributed by atoms with Crippen LogP contribution in [0, 0.1) is 0 Å². The third-order valence-electron chi connectivity index (χ3n) is 1.64. The Hall–Kier alpha value is -0.960. The summed E-state index contributed by atoms with van der Waals surface area (Å²) in [6.07, 6.45) is -9.88. The van der Waals surface area contributed by atoms with Gasteiger partial charge in [-0.05, 0) is 6.92 Å². The Kier molecular flexibility index (Phi) is 4.13. The first-order chi connectivity index (χ1) is 7.26. The maximum Gasteiger partial charge on any atom is 0.445 e. The number of rotatable bonds is 3. The van der Waals surface area contributed by atoms with E-state index in [1.165, 1.54) is 0 Å². The van der Waals surface area contributed by atoms with Crippen molar-refractivity contribution in [3.8, 4) is 0 Å². The predicted octanol–water partition coefficient (Wildman–Crippen LogP) is 4.33. The van der Waals surface area contributed by atoms with Gasteiger partial charge in [-0.25, -0.2) is 8.78 Å². The van der Waals surface area contributed by atoms with Crippen LogP contribution in [-0.2, 0) is 0 Å². The summed E-state index contributed by atoms with van der Waals surface area (Å²) in [6.45, 7) is -0.132. The van der Waals surface area contributed by atoms with Crippen LogP contribution in [0.1, 0.15) is 6.92 Å². The Labute approximate surface area is 87.9 Å².